The van der Waals surface area contributed by atoms with E-state index in [0.717, 1.165) is 25.9 Å². The molecule has 0 radical (unpaired) electrons. The Hall–Kier alpha value is -0.920. The SMILES string of the molecule is CCCNCCn1cc(S(=O)(=O)NC(C)C(C)CC)cn1. The molecule has 122 valence electrons. The summed E-state index contributed by atoms with van der Waals surface area (Å²) in [6.07, 6.45) is 5.01. The lowest BCUT2D eigenvalue weighted by Crippen LogP contribution is -2.36. The van der Waals surface area contributed by atoms with Crippen LogP contribution in [0.4, 0.5) is 0 Å². The Morgan fingerprint density at radius 1 is 1.29 bits per heavy atom. The van der Waals surface area contributed by atoms with Crippen LogP contribution in [-0.4, -0.2) is 37.3 Å². The number of hydrogen-bond acceptors (Lipinski definition) is 4. The summed E-state index contributed by atoms with van der Waals surface area (Å²) >= 11 is 0. The van der Waals surface area contributed by atoms with Crippen molar-refractivity contribution in [3.05, 3.63) is 12.4 Å². The second-order valence-electron chi connectivity index (χ2n) is 5.48. The van der Waals surface area contributed by atoms with Gasteiger partial charge in [-0.2, -0.15) is 5.10 Å². The first-order valence-corrected chi connectivity index (χ1v) is 9.14. The first-order valence-electron chi connectivity index (χ1n) is 7.66. The largest absolute Gasteiger partial charge is 0.315 e. The van der Waals surface area contributed by atoms with Gasteiger partial charge in [-0.3, -0.25) is 4.68 Å². The Bertz CT molecular complexity index is 513. The minimum absolute atomic E-state index is 0.0884. The van der Waals surface area contributed by atoms with Gasteiger partial charge in [-0.1, -0.05) is 27.2 Å². The number of hydrogen-bond donors (Lipinski definition) is 2. The fourth-order valence-corrected chi connectivity index (χ4v) is 3.19. The maximum atomic E-state index is 12.3. The molecule has 21 heavy (non-hydrogen) atoms. The molecule has 1 aromatic rings. The molecule has 6 nitrogen and oxygen atoms in total. The van der Waals surface area contributed by atoms with Gasteiger partial charge in [0.15, 0.2) is 0 Å². The van der Waals surface area contributed by atoms with Crippen molar-refractivity contribution in [2.75, 3.05) is 13.1 Å². The highest BCUT2D eigenvalue weighted by atomic mass is 32.2. The van der Waals surface area contributed by atoms with Crippen molar-refractivity contribution in [2.45, 2.75) is 58.0 Å². The van der Waals surface area contributed by atoms with Gasteiger partial charge in [0.2, 0.25) is 10.0 Å². The highest BCUT2D eigenvalue weighted by Gasteiger charge is 2.21. The van der Waals surface area contributed by atoms with Crippen molar-refractivity contribution in [1.82, 2.24) is 19.8 Å². The maximum absolute atomic E-state index is 12.3. The summed E-state index contributed by atoms with van der Waals surface area (Å²) in [6, 6.07) is -0.0884. The summed E-state index contributed by atoms with van der Waals surface area (Å²) in [6.45, 7) is 10.5. The molecule has 0 aliphatic carbocycles. The van der Waals surface area contributed by atoms with E-state index in [-0.39, 0.29) is 10.9 Å². The zero-order chi connectivity index (χ0) is 15.9. The van der Waals surface area contributed by atoms with E-state index in [2.05, 4.69) is 29.0 Å². The Morgan fingerprint density at radius 2 is 2.00 bits per heavy atom. The lowest BCUT2D eigenvalue weighted by atomic mass is 10.0. The molecule has 7 heteroatoms. The Morgan fingerprint density at radius 3 is 2.62 bits per heavy atom. The minimum Gasteiger partial charge on any atom is -0.315 e. The molecule has 0 spiro atoms. The van der Waals surface area contributed by atoms with Crippen LogP contribution < -0.4 is 10.0 Å². The first kappa shape index (κ1) is 18.1. The second-order valence-corrected chi connectivity index (χ2v) is 7.20. The van der Waals surface area contributed by atoms with Crippen molar-refractivity contribution in [1.29, 1.82) is 0 Å². The molecule has 2 N–H and O–H groups in total. The van der Waals surface area contributed by atoms with E-state index in [4.69, 9.17) is 0 Å². The second kappa shape index (κ2) is 8.51. The van der Waals surface area contributed by atoms with Gasteiger partial charge in [-0.25, -0.2) is 13.1 Å². The van der Waals surface area contributed by atoms with Gasteiger partial charge >= 0.3 is 0 Å². The maximum Gasteiger partial charge on any atom is 0.243 e. The first-order chi connectivity index (χ1) is 9.90. The van der Waals surface area contributed by atoms with E-state index in [1.807, 2.05) is 13.8 Å². The molecule has 0 fully saturated rings. The van der Waals surface area contributed by atoms with Crippen LogP contribution in [0, 0.1) is 5.92 Å². The highest BCUT2D eigenvalue weighted by Crippen LogP contribution is 2.12. The molecule has 2 unspecified atom stereocenters. The summed E-state index contributed by atoms with van der Waals surface area (Å²) in [4.78, 5) is 0.230. The van der Waals surface area contributed by atoms with Crippen molar-refractivity contribution >= 4 is 10.0 Å². The van der Waals surface area contributed by atoms with Gasteiger partial charge < -0.3 is 5.32 Å². The smallest absolute Gasteiger partial charge is 0.243 e. The third-order valence-corrected chi connectivity index (χ3v) is 5.22. The van der Waals surface area contributed by atoms with E-state index >= 15 is 0 Å². The molecule has 0 saturated heterocycles. The number of aromatic nitrogens is 2. The van der Waals surface area contributed by atoms with Crippen molar-refractivity contribution in [3.63, 3.8) is 0 Å². The van der Waals surface area contributed by atoms with Gasteiger partial charge in [0.1, 0.15) is 4.90 Å². The average Bonchev–Trinajstić information content (AvgIpc) is 2.92. The number of nitrogens with zero attached hydrogens (tertiary/aromatic N) is 2. The fraction of sp³-hybridized carbons (Fsp3) is 0.786. The summed E-state index contributed by atoms with van der Waals surface area (Å²) < 4.78 is 28.9. The molecule has 1 heterocycles. The molecule has 0 saturated carbocycles. The standard InChI is InChI=1S/C14H28N4O2S/c1-5-7-15-8-9-18-11-14(10-16-18)21(19,20)17-13(4)12(3)6-2/h10-13,15,17H,5-9H2,1-4H3. The van der Waals surface area contributed by atoms with E-state index in [9.17, 15) is 8.42 Å². The van der Waals surface area contributed by atoms with Crippen LogP contribution >= 0.6 is 0 Å². The third-order valence-electron chi connectivity index (χ3n) is 3.70. The van der Waals surface area contributed by atoms with Gasteiger partial charge in [0.25, 0.3) is 0 Å². The zero-order valence-electron chi connectivity index (χ0n) is 13.5. The van der Waals surface area contributed by atoms with Crippen LogP contribution in [0.2, 0.25) is 0 Å². The van der Waals surface area contributed by atoms with Gasteiger partial charge in [0, 0.05) is 18.8 Å². The fourth-order valence-electron chi connectivity index (χ4n) is 1.88. The van der Waals surface area contributed by atoms with E-state index in [1.165, 1.54) is 6.20 Å². The molecule has 1 rings (SSSR count). The monoisotopic (exact) mass is 316 g/mol. The summed E-state index contributed by atoms with van der Waals surface area (Å²) in [5.41, 5.74) is 0. The molecule has 0 aliphatic rings. The molecule has 2 atom stereocenters. The van der Waals surface area contributed by atoms with Crippen LogP contribution in [0.3, 0.4) is 0 Å². The molecule has 0 bridgehead atoms. The summed E-state index contributed by atoms with van der Waals surface area (Å²) in [7, 11) is -3.48. The molecular formula is C14H28N4O2S. The molecule has 0 aliphatic heterocycles. The normalized spacial score (nSPS) is 15.0. The quantitative estimate of drug-likeness (QED) is 0.643. The van der Waals surface area contributed by atoms with Crippen molar-refractivity contribution < 1.29 is 8.42 Å². The van der Waals surface area contributed by atoms with Crippen molar-refractivity contribution in [3.8, 4) is 0 Å². The predicted molar refractivity (Wildman–Crippen MR) is 84.6 cm³/mol. The Kier molecular flexibility index (Phi) is 7.34. The molecule has 0 amide bonds. The summed E-state index contributed by atoms with van der Waals surface area (Å²) in [5.74, 6) is 0.299. The van der Waals surface area contributed by atoms with Crippen LogP contribution in [0.5, 0.6) is 0 Å². The van der Waals surface area contributed by atoms with Crippen LogP contribution in [0.25, 0.3) is 0 Å². The number of nitrogens with one attached hydrogen (secondary N) is 2. The van der Waals surface area contributed by atoms with Crippen LogP contribution in [-0.2, 0) is 16.6 Å². The van der Waals surface area contributed by atoms with Crippen LogP contribution in [0.1, 0.15) is 40.5 Å². The minimum atomic E-state index is -3.48. The average molecular weight is 316 g/mol. The third kappa shape index (κ3) is 5.76. The Balaban J connectivity index is 2.61. The lowest BCUT2D eigenvalue weighted by molar-refractivity contribution is 0.434. The van der Waals surface area contributed by atoms with Crippen LogP contribution in [0.15, 0.2) is 17.3 Å². The van der Waals surface area contributed by atoms with Gasteiger partial charge in [0.05, 0.1) is 12.7 Å². The van der Waals surface area contributed by atoms with E-state index in [1.54, 1.807) is 10.9 Å². The number of rotatable bonds is 10. The van der Waals surface area contributed by atoms with Crippen molar-refractivity contribution in [2.24, 2.45) is 5.92 Å². The van der Waals surface area contributed by atoms with E-state index in [0.29, 0.717) is 12.5 Å². The van der Waals surface area contributed by atoms with E-state index < -0.39 is 10.0 Å². The Labute approximate surface area is 128 Å². The lowest BCUT2D eigenvalue weighted by Gasteiger charge is -2.19. The highest BCUT2D eigenvalue weighted by molar-refractivity contribution is 7.89. The molecule has 1 aromatic heterocycles. The topological polar surface area (TPSA) is 76.0 Å². The predicted octanol–water partition coefficient (Wildman–Crippen LogP) is 1.60. The molecular weight excluding hydrogens is 288 g/mol. The summed E-state index contributed by atoms with van der Waals surface area (Å²) in [5, 5.41) is 7.37. The van der Waals surface area contributed by atoms with Gasteiger partial charge in [-0.05, 0) is 25.8 Å². The zero-order valence-corrected chi connectivity index (χ0v) is 14.3. The number of sulfonamides is 1. The molecule has 0 aromatic carbocycles. The van der Waals surface area contributed by atoms with Gasteiger partial charge in [-0.15, -0.1) is 0 Å².